The average Bonchev–Trinajstić information content (AvgIpc) is 2.92. The van der Waals surface area contributed by atoms with E-state index in [-0.39, 0.29) is 11.4 Å². The van der Waals surface area contributed by atoms with Gasteiger partial charge in [0.05, 0.1) is 19.8 Å². The molecule has 0 bridgehead atoms. The van der Waals surface area contributed by atoms with Crippen molar-refractivity contribution in [1.82, 2.24) is 0 Å². The Kier molecular flexibility index (Phi) is 6.60. The lowest BCUT2D eigenvalue weighted by Crippen LogP contribution is -2.16. The topological polar surface area (TPSA) is 35.5 Å². The fraction of sp³-hybridized carbons (Fsp3) is 0.208. The first-order valence-electron chi connectivity index (χ1n) is 9.28. The van der Waals surface area contributed by atoms with Crippen molar-refractivity contribution >= 4 is 12.0 Å². The zero-order valence-electron chi connectivity index (χ0n) is 16.3. The molecule has 0 aliphatic heterocycles. The van der Waals surface area contributed by atoms with Crippen LogP contribution in [-0.4, -0.2) is 20.2 Å². The van der Waals surface area contributed by atoms with Crippen LogP contribution in [0.15, 0.2) is 77.6 Å². The van der Waals surface area contributed by atoms with E-state index in [1.165, 1.54) is 26.4 Å². The number of carbonyl (C=O) groups is 1. The molecule has 2 aromatic carbocycles. The maximum atomic E-state index is 14.6. The Morgan fingerprint density at radius 1 is 0.966 bits per heavy atom. The van der Waals surface area contributed by atoms with E-state index >= 15 is 0 Å². The van der Waals surface area contributed by atoms with Crippen LogP contribution in [0.2, 0.25) is 0 Å². The van der Waals surface area contributed by atoms with E-state index in [2.05, 4.69) is 0 Å². The Balaban J connectivity index is 2.08. The van der Waals surface area contributed by atoms with Gasteiger partial charge < -0.3 is 9.47 Å². The molecule has 0 radical (unpaired) electrons. The number of rotatable bonds is 5. The predicted molar refractivity (Wildman–Crippen MR) is 108 cm³/mol. The van der Waals surface area contributed by atoms with Gasteiger partial charge in [-0.05, 0) is 24.1 Å². The Morgan fingerprint density at radius 3 is 2.31 bits per heavy atom. The van der Waals surface area contributed by atoms with E-state index in [1.54, 1.807) is 48.6 Å². The second-order valence-electron chi connectivity index (χ2n) is 6.63. The first kappa shape index (κ1) is 20.5. The number of esters is 1. The molecular weight excluding hydrogens is 374 g/mol. The summed E-state index contributed by atoms with van der Waals surface area (Å²) in [6.45, 7) is 0. The molecule has 29 heavy (non-hydrogen) atoms. The van der Waals surface area contributed by atoms with Gasteiger partial charge in [-0.15, -0.1) is 0 Å². The lowest BCUT2D eigenvalue weighted by Gasteiger charge is -2.18. The summed E-state index contributed by atoms with van der Waals surface area (Å²) in [7, 11) is 2.77. The molecule has 0 saturated carbocycles. The third-order valence-electron chi connectivity index (χ3n) is 4.91. The van der Waals surface area contributed by atoms with Crippen molar-refractivity contribution in [3.63, 3.8) is 0 Å². The quantitative estimate of drug-likeness (QED) is 0.621. The lowest BCUT2D eigenvalue weighted by molar-refractivity contribution is -0.136. The number of halogens is 2. The van der Waals surface area contributed by atoms with Crippen molar-refractivity contribution in [1.29, 1.82) is 0 Å². The van der Waals surface area contributed by atoms with Crippen molar-refractivity contribution < 1.29 is 23.0 Å². The maximum absolute atomic E-state index is 14.6. The number of carbonyl (C=O) groups excluding carboxylic acids is 1. The number of ether oxygens (including phenoxy) is 2. The molecule has 3 rings (SSSR count). The van der Waals surface area contributed by atoms with Crippen molar-refractivity contribution in [2.45, 2.75) is 18.8 Å². The second-order valence-corrected chi connectivity index (χ2v) is 6.63. The van der Waals surface area contributed by atoms with Crippen LogP contribution in [0.4, 0.5) is 8.78 Å². The number of benzene rings is 2. The highest BCUT2D eigenvalue weighted by molar-refractivity contribution is 5.91. The molecule has 0 spiro atoms. The molecule has 0 aromatic heterocycles. The van der Waals surface area contributed by atoms with Crippen LogP contribution in [0.3, 0.4) is 0 Å². The van der Waals surface area contributed by atoms with Gasteiger partial charge in [-0.2, -0.15) is 0 Å². The Labute approximate surface area is 169 Å². The normalized spacial score (nSPS) is 17.1. The fourth-order valence-corrected chi connectivity index (χ4v) is 3.43. The number of hydrogen-bond donors (Lipinski definition) is 0. The number of methoxy groups -OCH3 is 2. The van der Waals surface area contributed by atoms with Gasteiger partial charge in [-0.25, -0.2) is 13.6 Å². The molecule has 1 atom stereocenters. The summed E-state index contributed by atoms with van der Waals surface area (Å²) in [5.74, 6) is -1.54. The van der Waals surface area contributed by atoms with Crippen LogP contribution in [0.5, 0.6) is 0 Å². The largest absolute Gasteiger partial charge is 0.500 e. The third-order valence-corrected chi connectivity index (χ3v) is 4.91. The molecule has 0 heterocycles. The predicted octanol–water partition coefficient (Wildman–Crippen LogP) is 5.56. The second kappa shape index (κ2) is 9.32. The highest BCUT2D eigenvalue weighted by Crippen LogP contribution is 2.37. The monoisotopic (exact) mass is 396 g/mol. The lowest BCUT2D eigenvalue weighted by atomic mass is 9.89. The summed E-state index contributed by atoms with van der Waals surface area (Å²) in [4.78, 5) is 12.5. The minimum Gasteiger partial charge on any atom is -0.500 e. The van der Waals surface area contributed by atoms with Crippen LogP contribution in [0.25, 0.3) is 6.08 Å². The van der Waals surface area contributed by atoms with Crippen LogP contribution in [0, 0.1) is 11.6 Å². The molecule has 0 unspecified atom stereocenters. The molecule has 0 amide bonds. The van der Waals surface area contributed by atoms with E-state index in [1.807, 2.05) is 6.08 Å². The van der Waals surface area contributed by atoms with Crippen LogP contribution < -0.4 is 0 Å². The molecule has 0 N–H and O–H groups in total. The highest BCUT2D eigenvalue weighted by atomic mass is 19.1. The summed E-state index contributed by atoms with van der Waals surface area (Å²) in [6.07, 6.45) is 6.28. The first-order chi connectivity index (χ1) is 14.0. The summed E-state index contributed by atoms with van der Waals surface area (Å²) in [5.41, 5.74) is 1.92. The Morgan fingerprint density at radius 2 is 1.66 bits per heavy atom. The van der Waals surface area contributed by atoms with E-state index < -0.39 is 17.7 Å². The van der Waals surface area contributed by atoms with Gasteiger partial charge in [0.1, 0.15) is 17.4 Å². The molecule has 1 aliphatic rings. The molecule has 1 aliphatic carbocycles. The van der Waals surface area contributed by atoms with E-state index in [0.717, 1.165) is 5.57 Å². The van der Waals surface area contributed by atoms with E-state index in [9.17, 15) is 13.6 Å². The maximum Gasteiger partial charge on any atom is 0.338 e. The van der Waals surface area contributed by atoms with Gasteiger partial charge in [-0.1, -0.05) is 60.2 Å². The van der Waals surface area contributed by atoms with Gasteiger partial charge in [0.2, 0.25) is 0 Å². The third kappa shape index (κ3) is 4.62. The molecular formula is C24H22F2O3. The van der Waals surface area contributed by atoms with Crippen LogP contribution >= 0.6 is 0 Å². The zero-order valence-corrected chi connectivity index (χ0v) is 16.3. The summed E-state index contributed by atoms with van der Waals surface area (Å²) in [5, 5.41) is 0. The molecule has 0 fully saturated rings. The Bertz CT molecular complexity index is 989. The summed E-state index contributed by atoms with van der Waals surface area (Å²) < 4.78 is 39.0. The first-order valence-corrected chi connectivity index (χ1v) is 9.28. The van der Waals surface area contributed by atoms with Crippen molar-refractivity contribution in [3.05, 3.63) is 100 Å². The van der Waals surface area contributed by atoms with Crippen molar-refractivity contribution in [2.24, 2.45) is 0 Å². The molecule has 2 aromatic rings. The number of hydrogen-bond acceptors (Lipinski definition) is 3. The highest BCUT2D eigenvalue weighted by Gasteiger charge is 2.30. The van der Waals surface area contributed by atoms with Gasteiger partial charge in [0.25, 0.3) is 0 Å². The summed E-state index contributed by atoms with van der Waals surface area (Å²) in [6, 6.07) is 12.7. The minimum absolute atomic E-state index is 0.273. The fourth-order valence-electron chi connectivity index (χ4n) is 3.43. The SMILES string of the molecule is COC(=O)C1=C(OC)CCC(/C=C/c2ccccc2F)=C[C@H]1c1ccccc1F. The Hall–Kier alpha value is -3.21. The van der Waals surface area contributed by atoms with Gasteiger partial charge >= 0.3 is 5.97 Å². The van der Waals surface area contributed by atoms with Crippen molar-refractivity contribution in [3.8, 4) is 0 Å². The molecule has 5 heteroatoms. The van der Waals surface area contributed by atoms with Gasteiger partial charge in [-0.3, -0.25) is 0 Å². The van der Waals surface area contributed by atoms with Crippen LogP contribution in [0.1, 0.15) is 29.9 Å². The van der Waals surface area contributed by atoms with Gasteiger partial charge in [0.15, 0.2) is 0 Å². The smallest absolute Gasteiger partial charge is 0.338 e. The summed E-state index contributed by atoms with van der Waals surface area (Å²) >= 11 is 0. The van der Waals surface area contributed by atoms with Crippen molar-refractivity contribution in [2.75, 3.05) is 14.2 Å². The van der Waals surface area contributed by atoms with E-state index in [4.69, 9.17) is 9.47 Å². The van der Waals surface area contributed by atoms with Gasteiger partial charge in [0, 0.05) is 17.9 Å². The number of allylic oxidation sites excluding steroid dienone is 4. The molecule has 0 saturated heterocycles. The average molecular weight is 396 g/mol. The van der Waals surface area contributed by atoms with E-state index in [0.29, 0.717) is 29.7 Å². The molecule has 3 nitrogen and oxygen atoms in total. The van der Waals surface area contributed by atoms with Crippen LogP contribution in [-0.2, 0) is 14.3 Å². The zero-order chi connectivity index (χ0) is 20.8. The standard InChI is InChI=1S/C24H22F2O3/c1-28-22-14-12-16(11-13-17-7-3-5-9-20(17)25)15-19(23(22)24(27)29-2)18-8-4-6-10-21(18)26/h3-11,13,15,19H,12,14H2,1-2H3/b13-11+/t19-/m0/s1. The minimum atomic E-state index is -0.679. The molecule has 150 valence electrons.